The Bertz CT molecular complexity index is 780. The zero-order valence-electron chi connectivity index (χ0n) is 15.5. The zero-order chi connectivity index (χ0) is 18.5. The van der Waals surface area contributed by atoms with E-state index in [2.05, 4.69) is 10.2 Å². The standard InChI is InChI=1S/C22H26N2O2/c1-16-11-12-19(21(25)18-9-5-3-6-10-18)20(15-16)23-22(26)17(2)24-13-7-4-8-14-24/h3,5-6,9-12,15,17H,4,7-8,13-14H2,1-2H3,(H,23,26). The van der Waals surface area contributed by atoms with Gasteiger partial charge in [-0.25, -0.2) is 0 Å². The quantitative estimate of drug-likeness (QED) is 0.828. The van der Waals surface area contributed by atoms with Crippen molar-refractivity contribution in [3.05, 3.63) is 65.2 Å². The van der Waals surface area contributed by atoms with Crippen LogP contribution in [0.1, 0.15) is 47.7 Å². The number of hydrogen-bond donors (Lipinski definition) is 1. The summed E-state index contributed by atoms with van der Waals surface area (Å²) in [7, 11) is 0. The van der Waals surface area contributed by atoms with Crippen molar-refractivity contribution in [2.45, 2.75) is 39.2 Å². The summed E-state index contributed by atoms with van der Waals surface area (Å²) in [6.45, 7) is 5.81. The molecule has 1 saturated heterocycles. The number of nitrogens with one attached hydrogen (secondary N) is 1. The Morgan fingerprint density at radius 3 is 2.38 bits per heavy atom. The minimum atomic E-state index is -0.199. The molecule has 2 aromatic rings. The van der Waals surface area contributed by atoms with Gasteiger partial charge in [0.1, 0.15) is 0 Å². The second-order valence-electron chi connectivity index (χ2n) is 7.01. The first kappa shape index (κ1) is 18.3. The number of benzene rings is 2. The highest BCUT2D eigenvalue weighted by Crippen LogP contribution is 2.22. The summed E-state index contributed by atoms with van der Waals surface area (Å²) in [5, 5.41) is 3.00. The molecule has 1 fully saturated rings. The molecule has 3 rings (SSSR count). The molecular formula is C22H26N2O2. The summed E-state index contributed by atoms with van der Waals surface area (Å²) < 4.78 is 0. The van der Waals surface area contributed by atoms with Crippen LogP contribution in [0.15, 0.2) is 48.5 Å². The van der Waals surface area contributed by atoms with Crippen LogP contribution in [0, 0.1) is 6.92 Å². The van der Waals surface area contributed by atoms with Gasteiger partial charge in [-0.05, 0) is 57.5 Å². The first-order valence-corrected chi connectivity index (χ1v) is 9.31. The minimum absolute atomic E-state index is 0.0559. The predicted molar refractivity (Wildman–Crippen MR) is 105 cm³/mol. The van der Waals surface area contributed by atoms with E-state index < -0.39 is 0 Å². The topological polar surface area (TPSA) is 49.4 Å². The SMILES string of the molecule is Cc1ccc(C(=O)c2ccccc2)c(NC(=O)C(C)N2CCCCC2)c1. The maximum Gasteiger partial charge on any atom is 0.241 e. The highest BCUT2D eigenvalue weighted by atomic mass is 16.2. The summed E-state index contributed by atoms with van der Waals surface area (Å²) in [6.07, 6.45) is 3.51. The summed E-state index contributed by atoms with van der Waals surface area (Å²) in [5.74, 6) is -0.133. The van der Waals surface area contributed by atoms with E-state index in [9.17, 15) is 9.59 Å². The summed E-state index contributed by atoms with van der Waals surface area (Å²) in [6, 6.07) is 14.5. The molecule has 0 aromatic heterocycles. The Morgan fingerprint density at radius 2 is 1.69 bits per heavy atom. The number of ketones is 1. The van der Waals surface area contributed by atoms with E-state index in [4.69, 9.17) is 0 Å². The molecule has 26 heavy (non-hydrogen) atoms. The van der Waals surface area contributed by atoms with E-state index in [1.54, 1.807) is 18.2 Å². The molecule has 1 aliphatic rings. The molecule has 0 radical (unpaired) electrons. The van der Waals surface area contributed by atoms with Gasteiger partial charge in [-0.2, -0.15) is 0 Å². The Morgan fingerprint density at radius 1 is 1.00 bits per heavy atom. The molecular weight excluding hydrogens is 324 g/mol. The largest absolute Gasteiger partial charge is 0.324 e. The van der Waals surface area contributed by atoms with E-state index in [1.807, 2.05) is 44.2 Å². The number of amides is 1. The molecule has 4 nitrogen and oxygen atoms in total. The highest BCUT2D eigenvalue weighted by molar-refractivity contribution is 6.14. The van der Waals surface area contributed by atoms with Crippen molar-refractivity contribution < 1.29 is 9.59 Å². The van der Waals surface area contributed by atoms with Gasteiger partial charge < -0.3 is 5.32 Å². The van der Waals surface area contributed by atoms with Gasteiger partial charge in [0.2, 0.25) is 5.91 Å². The normalized spacial score (nSPS) is 16.1. The van der Waals surface area contributed by atoms with Gasteiger partial charge in [0, 0.05) is 11.1 Å². The Balaban J connectivity index is 1.81. The summed E-state index contributed by atoms with van der Waals surface area (Å²) in [5.41, 5.74) is 2.75. The molecule has 1 N–H and O–H groups in total. The third kappa shape index (κ3) is 4.20. The van der Waals surface area contributed by atoms with Crippen molar-refractivity contribution >= 4 is 17.4 Å². The van der Waals surface area contributed by atoms with Crippen LogP contribution in [0.25, 0.3) is 0 Å². The van der Waals surface area contributed by atoms with E-state index in [-0.39, 0.29) is 17.7 Å². The van der Waals surface area contributed by atoms with E-state index in [0.717, 1.165) is 31.5 Å². The lowest BCUT2D eigenvalue weighted by atomic mass is 10.00. The predicted octanol–water partition coefficient (Wildman–Crippen LogP) is 4.04. The van der Waals surface area contributed by atoms with Crippen molar-refractivity contribution in [3.63, 3.8) is 0 Å². The molecule has 0 saturated carbocycles. The molecule has 0 bridgehead atoms. The van der Waals surface area contributed by atoms with Crippen LogP contribution in [0.5, 0.6) is 0 Å². The fourth-order valence-electron chi connectivity index (χ4n) is 3.41. The van der Waals surface area contributed by atoms with Gasteiger partial charge in [0.25, 0.3) is 0 Å². The maximum absolute atomic E-state index is 12.9. The van der Waals surface area contributed by atoms with Gasteiger partial charge >= 0.3 is 0 Å². The number of rotatable bonds is 5. The van der Waals surface area contributed by atoms with Gasteiger partial charge in [0.15, 0.2) is 5.78 Å². The third-order valence-electron chi connectivity index (χ3n) is 5.03. The second kappa shape index (κ2) is 8.28. The van der Waals surface area contributed by atoms with Crippen LogP contribution >= 0.6 is 0 Å². The molecule has 4 heteroatoms. The van der Waals surface area contributed by atoms with Gasteiger partial charge in [-0.1, -0.05) is 42.8 Å². The van der Waals surface area contributed by atoms with E-state index in [1.165, 1.54) is 6.42 Å². The summed E-state index contributed by atoms with van der Waals surface area (Å²) in [4.78, 5) is 27.9. The van der Waals surface area contributed by atoms with Crippen molar-refractivity contribution in [1.29, 1.82) is 0 Å². The molecule has 136 valence electrons. The first-order chi connectivity index (χ1) is 12.6. The molecule has 1 unspecified atom stereocenters. The van der Waals surface area contributed by atoms with Crippen LogP contribution in [0.4, 0.5) is 5.69 Å². The molecule has 0 aliphatic carbocycles. The van der Waals surface area contributed by atoms with E-state index in [0.29, 0.717) is 16.8 Å². The molecule has 1 atom stereocenters. The number of aryl methyl sites for hydroxylation is 1. The van der Waals surface area contributed by atoms with Crippen LogP contribution in [-0.4, -0.2) is 35.7 Å². The van der Waals surface area contributed by atoms with Gasteiger partial charge in [-0.15, -0.1) is 0 Å². The monoisotopic (exact) mass is 350 g/mol. The lowest BCUT2D eigenvalue weighted by Gasteiger charge is -2.31. The molecule has 2 aromatic carbocycles. The smallest absolute Gasteiger partial charge is 0.241 e. The van der Waals surface area contributed by atoms with Crippen molar-refractivity contribution in [3.8, 4) is 0 Å². The number of hydrogen-bond acceptors (Lipinski definition) is 3. The number of piperidine rings is 1. The first-order valence-electron chi connectivity index (χ1n) is 9.31. The average molecular weight is 350 g/mol. The van der Waals surface area contributed by atoms with Crippen LogP contribution in [0.2, 0.25) is 0 Å². The van der Waals surface area contributed by atoms with Gasteiger partial charge in [0.05, 0.1) is 11.7 Å². The number of carbonyl (C=O) groups is 2. The number of likely N-dealkylation sites (tertiary alicyclic amines) is 1. The maximum atomic E-state index is 12.9. The van der Waals surface area contributed by atoms with Gasteiger partial charge in [-0.3, -0.25) is 14.5 Å². The van der Waals surface area contributed by atoms with Crippen molar-refractivity contribution in [1.82, 2.24) is 4.90 Å². The Hall–Kier alpha value is -2.46. The van der Waals surface area contributed by atoms with Crippen molar-refractivity contribution in [2.75, 3.05) is 18.4 Å². The highest BCUT2D eigenvalue weighted by Gasteiger charge is 2.24. The van der Waals surface area contributed by atoms with Crippen LogP contribution < -0.4 is 5.32 Å². The number of carbonyl (C=O) groups excluding carboxylic acids is 2. The molecule has 0 spiro atoms. The molecule has 1 aliphatic heterocycles. The van der Waals surface area contributed by atoms with Crippen LogP contribution in [0.3, 0.4) is 0 Å². The van der Waals surface area contributed by atoms with E-state index >= 15 is 0 Å². The molecule has 1 heterocycles. The third-order valence-corrected chi connectivity index (χ3v) is 5.03. The fourth-order valence-corrected chi connectivity index (χ4v) is 3.41. The number of anilines is 1. The minimum Gasteiger partial charge on any atom is -0.324 e. The fraction of sp³-hybridized carbons (Fsp3) is 0.364. The zero-order valence-corrected chi connectivity index (χ0v) is 15.5. The summed E-state index contributed by atoms with van der Waals surface area (Å²) >= 11 is 0. The van der Waals surface area contributed by atoms with Crippen LogP contribution in [-0.2, 0) is 4.79 Å². The molecule has 1 amide bonds. The number of nitrogens with zero attached hydrogens (tertiary/aromatic N) is 1. The van der Waals surface area contributed by atoms with Crippen molar-refractivity contribution in [2.24, 2.45) is 0 Å². The lowest BCUT2D eigenvalue weighted by Crippen LogP contribution is -2.44. The average Bonchev–Trinajstić information content (AvgIpc) is 2.68. The Labute approximate surface area is 155 Å². The second-order valence-corrected chi connectivity index (χ2v) is 7.01. The lowest BCUT2D eigenvalue weighted by molar-refractivity contribution is -0.121. The Kier molecular flexibility index (Phi) is 5.84.